The molecule has 1 aromatic carbocycles. The van der Waals surface area contributed by atoms with Gasteiger partial charge >= 0.3 is 6.03 Å². The van der Waals surface area contributed by atoms with Crippen molar-refractivity contribution in [1.82, 2.24) is 5.32 Å². The Kier molecular flexibility index (Phi) is 5.23. The van der Waals surface area contributed by atoms with Gasteiger partial charge in [0, 0.05) is 12.1 Å². The van der Waals surface area contributed by atoms with Crippen molar-refractivity contribution in [2.75, 3.05) is 11.9 Å². The third-order valence-corrected chi connectivity index (χ3v) is 2.51. The number of halogens is 1. The van der Waals surface area contributed by atoms with Crippen molar-refractivity contribution >= 4 is 34.9 Å². The molecule has 0 saturated carbocycles. The monoisotopic (exact) mass is 302 g/mol. The summed E-state index contributed by atoms with van der Waals surface area (Å²) in [6.07, 6.45) is -1.51. The van der Waals surface area contributed by atoms with Crippen LogP contribution in [0.4, 0.5) is 16.2 Å². The quantitative estimate of drug-likeness (QED) is 0.453. The first-order valence-electron chi connectivity index (χ1n) is 5.27. The second kappa shape index (κ2) is 6.68. The van der Waals surface area contributed by atoms with Crippen molar-refractivity contribution in [2.45, 2.75) is 6.10 Å². The Bertz CT molecular complexity index is 550. The third-order valence-electron chi connectivity index (χ3n) is 2.20. The fourth-order valence-electron chi connectivity index (χ4n) is 1.18. The molecule has 0 aromatic heterocycles. The molecule has 5 N–H and O–H groups in total. The van der Waals surface area contributed by atoms with Gasteiger partial charge in [-0.15, -0.1) is 0 Å². The molecule has 0 saturated heterocycles. The van der Waals surface area contributed by atoms with E-state index < -0.39 is 23.0 Å². The average molecular weight is 303 g/mol. The number of nitro benzene ring substituents is 1. The predicted octanol–water partition coefficient (Wildman–Crippen LogP) is 0.216. The number of aliphatic hydroxyl groups excluding tert-OH is 1. The molecule has 1 atom stereocenters. The number of urea groups is 1. The van der Waals surface area contributed by atoms with Gasteiger partial charge in [-0.3, -0.25) is 14.9 Å². The number of nitrogens with one attached hydrogen (secondary N) is 2. The standard InChI is InChI=1S/C10H11ClN4O5/c11-6-3-5(15(19)20)1-2-7(6)14-10(18)13-4-8(16)9(12)17/h1-3,8,16H,4H2,(H2,12,17)(H2,13,14,18)/t8-/m1/s1. The number of nitrogens with zero attached hydrogens (tertiary/aromatic N) is 1. The van der Waals surface area contributed by atoms with Gasteiger partial charge in [0.2, 0.25) is 5.91 Å². The van der Waals surface area contributed by atoms with Crippen LogP contribution in [0.3, 0.4) is 0 Å². The maximum atomic E-state index is 11.4. The molecular weight excluding hydrogens is 292 g/mol. The second-order valence-corrected chi connectivity index (χ2v) is 4.08. The van der Waals surface area contributed by atoms with Crippen LogP contribution in [0.2, 0.25) is 5.02 Å². The number of non-ortho nitro benzene ring substituents is 1. The van der Waals surface area contributed by atoms with Crippen LogP contribution in [-0.2, 0) is 4.79 Å². The molecule has 0 aliphatic rings. The maximum Gasteiger partial charge on any atom is 0.319 e. The highest BCUT2D eigenvalue weighted by Gasteiger charge is 2.14. The van der Waals surface area contributed by atoms with Crippen LogP contribution in [0.1, 0.15) is 0 Å². The molecule has 1 aromatic rings. The van der Waals surface area contributed by atoms with E-state index in [2.05, 4.69) is 10.6 Å². The van der Waals surface area contributed by atoms with E-state index in [1.165, 1.54) is 12.1 Å². The fraction of sp³-hybridized carbons (Fsp3) is 0.200. The highest BCUT2D eigenvalue weighted by molar-refractivity contribution is 6.33. The number of carbonyl (C=O) groups excluding carboxylic acids is 2. The smallest absolute Gasteiger partial charge is 0.319 e. The van der Waals surface area contributed by atoms with Crippen molar-refractivity contribution in [2.24, 2.45) is 5.73 Å². The Balaban J connectivity index is 2.62. The Morgan fingerprint density at radius 1 is 1.50 bits per heavy atom. The zero-order chi connectivity index (χ0) is 15.3. The Morgan fingerprint density at radius 3 is 2.65 bits per heavy atom. The zero-order valence-corrected chi connectivity index (χ0v) is 10.8. The number of amides is 3. The lowest BCUT2D eigenvalue weighted by Crippen LogP contribution is -2.41. The normalized spacial score (nSPS) is 11.5. The van der Waals surface area contributed by atoms with Crippen molar-refractivity contribution in [3.8, 4) is 0 Å². The maximum absolute atomic E-state index is 11.4. The minimum absolute atomic E-state index is 0.0233. The van der Waals surface area contributed by atoms with Crippen LogP contribution >= 0.6 is 11.6 Å². The number of hydrogen-bond acceptors (Lipinski definition) is 5. The van der Waals surface area contributed by atoms with Crippen LogP contribution in [-0.4, -0.2) is 34.6 Å². The number of carbonyl (C=O) groups is 2. The largest absolute Gasteiger partial charge is 0.381 e. The van der Waals surface area contributed by atoms with Crippen molar-refractivity contribution in [1.29, 1.82) is 0 Å². The van der Waals surface area contributed by atoms with Gasteiger partial charge in [0.05, 0.1) is 22.2 Å². The lowest BCUT2D eigenvalue weighted by atomic mass is 10.3. The molecule has 0 radical (unpaired) electrons. The summed E-state index contributed by atoms with van der Waals surface area (Å²) in [5.41, 5.74) is 4.72. The Hall–Kier alpha value is -2.39. The summed E-state index contributed by atoms with van der Waals surface area (Å²) in [5, 5.41) is 24.0. The van der Waals surface area contributed by atoms with Gasteiger partial charge in [-0.2, -0.15) is 0 Å². The van der Waals surface area contributed by atoms with Gasteiger partial charge in [0.1, 0.15) is 6.10 Å². The number of rotatable bonds is 5. The van der Waals surface area contributed by atoms with E-state index in [9.17, 15) is 19.7 Å². The molecule has 0 bridgehead atoms. The molecule has 0 fully saturated rings. The lowest BCUT2D eigenvalue weighted by Gasteiger charge is -2.10. The average Bonchev–Trinajstić information content (AvgIpc) is 2.37. The highest BCUT2D eigenvalue weighted by atomic mass is 35.5. The zero-order valence-electron chi connectivity index (χ0n) is 10.00. The van der Waals surface area contributed by atoms with Gasteiger partial charge in [-0.05, 0) is 6.07 Å². The SMILES string of the molecule is NC(=O)[C@H](O)CNC(=O)Nc1ccc([N+](=O)[O-])cc1Cl. The number of nitrogens with two attached hydrogens (primary N) is 1. The summed E-state index contributed by atoms with van der Waals surface area (Å²) in [6.45, 7) is -0.369. The molecule has 1 rings (SSSR count). The minimum atomic E-state index is -1.51. The number of nitro groups is 1. The summed E-state index contributed by atoms with van der Waals surface area (Å²) in [7, 11) is 0. The van der Waals surface area contributed by atoms with E-state index in [-0.39, 0.29) is 22.9 Å². The van der Waals surface area contributed by atoms with Gasteiger partial charge in [-0.1, -0.05) is 11.6 Å². The Morgan fingerprint density at radius 2 is 2.15 bits per heavy atom. The van der Waals surface area contributed by atoms with Gasteiger partial charge in [0.15, 0.2) is 0 Å². The van der Waals surface area contributed by atoms with Gasteiger partial charge < -0.3 is 21.5 Å². The van der Waals surface area contributed by atoms with Crippen molar-refractivity contribution in [3.63, 3.8) is 0 Å². The van der Waals surface area contributed by atoms with Crippen LogP contribution in [0.25, 0.3) is 0 Å². The van der Waals surface area contributed by atoms with E-state index >= 15 is 0 Å². The molecule has 20 heavy (non-hydrogen) atoms. The van der Waals surface area contributed by atoms with E-state index in [1.807, 2.05) is 0 Å². The summed E-state index contributed by atoms with van der Waals surface area (Å²) >= 11 is 5.76. The van der Waals surface area contributed by atoms with E-state index in [4.69, 9.17) is 22.4 Å². The van der Waals surface area contributed by atoms with Crippen LogP contribution in [0, 0.1) is 10.1 Å². The first-order chi connectivity index (χ1) is 9.31. The van der Waals surface area contributed by atoms with E-state index in [1.54, 1.807) is 0 Å². The molecule has 0 aliphatic carbocycles. The summed E-state index contributed by atoms with van der Waals surface area (Å²) in [4.78, 5) is 31.9. The van der Waals surface area contributed by atoms with Gasteiger partial charge in [-0.25, -0.2) is 4.79 Å². The summed E-state index contributed by atoms with van der Waals surface area (Å²) in [5.74, 6) is -0.973. The number of hydrogen-bond donors (Lipinski definition) is 4. The highest BCUT2D eigenvalue weighted by Crippen LogP contribution is 2.26. The summed E-state index contributed by atoms with van der Waals surface area (Å²) in [6, 6.07) is 2.75. The van der Waals surface area contributed by atoms with E-state index in [0.29, 0.717) is 0 Å². The Labute approximate surface area is 117 Å². The molecule has 0 unspecified atom stereocenters. The molecular formula is C10H11ClN4O5. The molecule has 0 spiro atoms. The second-order valence-electron chi connectivity index (χ2n) is 3.67. The minimum Gasteiger partial charge on any atom is -0.381 e. The molecule has 3 amide bonds. The summed E-state index contributed by atoms with van der Waals surface area (Å²) < 4.78 is 0. The molecule has 10 heteroatoms. The first-order valence-corrected chi connectivity index (χ1v) is 5.65. The number of aliphatic hydroxyl groups is 1. The number of primary amides is 1. The van der Waals surface area contributed by atoms with Crippen LogP contribution in [0.15, 0.2) is 18.2 Å². The topological polar surface area (TPSA) is 148 Å². The van der Waals surface area contributed by atoms with Crippen molar-refractivity contribution < 1.29 is 19.6 Å². The van der Waals surface area contributed by atoms with Crippen LogP contribution in [0.5, 0.6) is 0 Å². The van der Waals surface area contributed by atoms with E-state index in [0.717, 1.165) is 6.07 Å². The lowest BCUT2D eigenvalue weighted by molar-refractivity contribution is -0.384. The fourth-order valence-corrected chi connectivity index (χ4v) is 1.40. The molecule has 108 valence electrons. The molecule has 0 heterocycles. The van der Waals surface area contributed by atoms with Crippen molar-refractivity contribution in [3.05, 3.63) is 33.3 Å². The van der Waals surface area contributed by atoms with Crippen LogP contribution < -0.4 is 16.4 Å². The number of anilines is 1. The predicted molar refractivity (Wildman–Crippen MR) is 70.3 cm³/mol. The van der Waals surface area contributed by atoms with Gasteiger partial charge in [0.25, 0.3) is 5.69 Å². The molecule has 0 aliphatic heterocycles. The third kappa shape index (κ3) is 4.37. The molecule has 9 nitrogen and oxygen atoms in total. The first kappa shape index (κ1) is 15.7. The number of benzene rings is 1.